The molecule has 0 aromatic heterocycles. The van der Waals surface area contributed by atoms with Gasteiger partial charge in [-0.2, -0.15) is 11.8 Å². The standard InChI is InChI=1S/C14H27NS/c1-14(2)9-8-12(15-3)13(10-14)16-11-6-4-5-7-11/h11-13,15H,4-10H2,1-3H3. The average molecular weight is 241 g/mol. The molecule has 0 amide bonds. The van der Waals surface area contributed by atoms with E-state index in [1.807, 2.05) is 0 Å². The smallest absolute Gasteiger partial charge is 0.0208 e. The van der Waals surface area contributed by atoms with Crippen LogP contribution >= 0.6 is 11.8 Å². The highest BCUT2D eigenvalue weighted by atomic mass is 32.2. The minimum Gasteiger partial charge on any atom is -0.316 e. The minimum absolute atomic E-state index is 0.573. The fourth-order valence-corrected chi connectivity index (χ4v) is 5.38. The lowest BCUT2D eigenvalue weighted by Crippen LogP contribution is -2.43. The van der Waals surface area contributed by atoms with E-state index in [-0.39, 0.29) is 0 Å². The van der Waals surface area contributed by atoms with Crippen molar-refractivity contribution in [2.45, 2.75) is 75.3 Å². The molecule has 0 aromatic rings. The maximum atomic E-state index is 3.54. The van der Waals surface area contributed by atoms with Crippen molar-refractivity contribution in [3.63, 3.8) is 0 Å². The van der Waals surface area contributed by atoms with Crippen molar-refractivity contribution in [1.29, 1.82) is 0 Å². The van der Waals surface area contributed by atoms with E-state index < -0.39 is 0 Å². The van der Waals surface area contributed by atoms with E-state index in [0.717, 1.165) is 16.5 Å². The quantitative estimate of drug-likeness (QED) is 0.806. The molecule has 2 fully saturated rings. The zero-order chi connectivity index (χ0) is 11.6. The summed E-state index contributed by atoms with van der Waals surface area (Å²) < 4.78 is 0. The molecule has 2 heteroatoms. The lowest BCUT2D eigenvalue weighted by atomic mass is 9.75. The molecule has 0 bridgehead atoms. The first kappa shape index (κ1) is 12.8. The number of nitrogens with one attached hydrogen (secondary N) is 1. The van der Waals surface area contributed by atoms with Gasteiger partial charge in [0.2, 0.25) is 0 Å². The maximum absolute atomic E-state index is 3.54. The summed E-state index contributed by atoms with van der Waals surface area (Å²) in [6.07, 6.45) is 10.0. The van der Waals surface area contributed by atoms with E-state index in [1.165, 1.54) is 44.9 Å². The van der Waals surface area contributed by atoms with Gasteiger partial charge in [0, 0.05) is 16.5 Å². The van der Waals surface area contributed by atoms with Crippen molar-refractivity contribution < 1.29 is 0 Å². The molecule has 0 spiro atoms. The van der Waals surface area contributed by atoms with Crippen molar-refractivity contribution in [3.05, 3.63) is 0 Å². The minimum atomic E-state index is 0.573. The Morgan fingerprint density at radius 3 is 2.44 bits per heavy atom. The van der Waals surface area contributed by atoms with Crippen molar-refractivity contribution in [3.8, 4) is 0 Å². The monoisotopic (exact) mass is 241 g/mol. The third kappa shape index (κ3) is 3.16. The van der Waals surface area contributed by atoms with Crippen LogP contribution in [0.1, 0.15) is 58.8 Å². The molecule has 2 aliphatic rings. The Kier molecular flexibility index (Phi) is 4.23. The second-order valence-electron chi connectivity index (χ2n) is 6.38. The summed E-state index contributed by atoms with van der Waals surface area (Å²) in [5.41, 5.74) is 0.573. The fraction of sp³-hybridized carbons (Fsp3) is 1.00. The molecule has 16 heavy (non-hydrogen) atoms. The van der Waals surface area contributed by atoms with Crippen molar-refractivity contribution in [2.75, 3.05) is 7.05 Å². The molecule has 94 valence electrons. The molecule has 1 nitrogen and oxygen atoms in total. The molecule has 2 rings (SSSR count). The Labute approximate surface area is 105 Å². The molecule has 0 saturated heterocycles. The van der Waals surface area contributed by atoms with E-state index in [1.54, 1.807) is 0 Å². The molecule has 2 atom stereocenters. The summed E-state index contributed by atoms with van der Waals surface area (Å²) in [6, 6.07) is 0.763. The molecule has 1 N–H and O–H groups in total. The average Bonchev–Trinajstić information content (AvgIpc) is 2.70. The Balaban J connectivity index is 1.91. The summed E-state index contributed by atoms with van der Waals surface area (Å²) in [5, 5.41) is 5.37. The largest absolute Gasteiger partial charge is 0.316 e. The Morgan fingerprint density at radius 2 is 1.81 bits per heavy atom. The van der Waals surface area contributed by atoms with E-state index in [4.69, 9.17) is 0 Å². The first-order chi connectivity index (χ1) is 7.61. The van der Waals surface area contributed by atoms with Gasteiger partial charge in [0.1, 0.15) is 0 Å². The molecule has 2 aliphatic carbocycles. The second kappa shape index (κ2) is 5.30. The van der Waals surface area contributed by atoms with Crippen molar-refractivity contribution in [1.82, 2.24) is 5.32 Å². The van der Waals surface area contributed by atoms with Crippen LogP contribution in [0.25, 0.3) is 0 Å². The Bertz CT molecular complexity index is 221. The van der Waals surface area contributed by atoms with Gasteiger partial charge in [0.05, 0.1) is 0 Å². The van der Waals surface area contributed by atoms with Gasteiger partial charge in [-0.25, -0.2) is 0 Å². The lowest BCUT2D eigenvalue weighted by molar-refractivity contribution is 0.218. The highest BCUT2D eigenvalue weighted by Gasteiger charge is 2.36. The van der Waals surface area contributed by atoms with Gasteiger partial charge in [-0.15, -0.1) is 0 Å². The van der Waals surface area contributed by atoms with Gasteiger partial charge < -0.3 is 5.32 Å². The third-order valence-corrected chi connectivity index (χ3v) is 6.08. The van der Waals surface area contributed by atoms with Crippen LogP contribution < -0.4 is 5.32 Å². The highest BCUT2D eigenvalue weighted by molar-refractivity contribution is 8.00. The maximum Gasteiger partial charge on any atom is 0.0208 e. The second-order valence-corrected chi connectivity index (χ2v) is 7.93. The molecule has 2 unspecified atom stereocenters. The van der Waals surface area contributed by atoms with E-state index in [9.17, 15) is 0 Å². The Morgan fingerprint density at radius 1 is 1.12 bits per heavy atom. The summed E-state index contributed by atoms with van der Waals surface area (Å²) in [4.78, 5) is 0. The van der Waals surface area contributed by atoms with Crippen molar-refractivity contribution >= 4 is 11.8 Å². The molecule has 0 heterocycles. The normalized spacial score (nSPS) is 35.4. The Hall–Kier alpha value is 0.310. The number of hydrogen-bond acceptors (Lipinski definition) is 2. The molecular weight excluding hydrogens is 214 g/mol. The van der Waals surface area contributed by atoms with Gasteiger partial charge in [-0.3, -0.25) is 0 Å². The van der Waals surface area contributed by atoms with Gasteiger partial charge in [-0.1, -0.05) is 26.7 Å². The zero-order valence-electron chi connectivity index (χ0n) is 11.1. The predicted octanol–water partition coefficient (Wildman–Crippen LogP) is 3.83. The molecule has 0 aliphatic heterocycles. The van der Waals surface area contributed by atoms with Crippen LogP contribution in [0.4, 0.5) is 0 Å². The van der Waals surface area contributed by atoms with Gasteiger partial charge >= 0.3 is 0 Å². The molecular formula is C14H27NS. The fourth-order valence-electron chi connectivity index (χ4n) is 3.27. The van der Waals surface area contributed by atoms with Crippen LogP contribution in [0.15, 0.2) is 0 Å². The van der Waals surface area contributed by atoms with Gasteiger partial charge in [-0.05, 0) is 44.6 Å². The van der Waals surface area contributed by atoms with Gasteiger partial charge in [0.15, 0.2) is 0 Å². The van der Waals surface area contributed by atoms with Crippen molar-refractivity contribution in [2.24, 2.45) is 5.41 Å². The number of thioether (sulfide) groups is 1. The first-order valence-corrected chi connectivity index (χ1v) is 7.88. The number of hydrogen-bond donors (Lipinski definition) is 1. The summed E-state index contributed by atoms with van der Waals surface area (Å²) >= 11 is 2.30. The predicted molar refractivity (Wildman–Crippen MR) is 74.1 cm³/mol. The topological polar surface area (TPSA) is 12.0 Å². The summed E-state index contributed by atoms with van der Waals surface area (Å²) in [7, 11) is 2.14. The van der Waals surface area contributed by atoms with Crippen LogP contribution in [0.3, 0.4) is 0 Å². The summed E-state index contributed by atoms with van der Waals surface area (Å²) in [6.45, 7) is 4.89. The number of rotatable bonds is 3. The first-order valence-electron chi connectivity index (χ1n) is 6.93. The van der Waals surface area contributed by atoms with Crippen LogP contribution in [0.5, 0.6) is 0 Å². The highest BCUT2D eigenvalue weighted by Crippen LogP contribution is 2.44. The molecule has 0 radical (unpaired) electrons. The van der Waals surface area contributed by atoms with Crippen LogP contribution in [-0.4, -0.2) is 23.6 Å². The lowest BCUT2D eigenvalue weighted by Gasteiger charge is -2.41. The summed E-state index contributed by atoms with van der Waals surface area (Å²) in [5.74, 6) is 0. The van der Waals surface area contributed by atoms with E-state index in [0.29, 0.717) is 5.41 Å². The van der Waals surface area contributed by atoms with Crippen LogP contribution in [0.2, 0.25) is 0 Å². The van der Waals surface area contributed by atoms with Gasteiger partial charge in [0.25, 0.3) is 0 Å². The van der Waals surface area contributed by atoms with E-state index >= 15 is 0 Å². The molecule has 2 saturated carbocycles. The third-order valence-electron chi connectivity index (χ3n) is 4.37. The van der Waals surface area contributed by atoms with E-state index in [2.05, 4.69) is 38.0 Å². The van der Waals surface area contributed by atoms with Crippen LogP contribution in [-0.2, 0) is 0 Å². The SMILES string of the molecule is CNC1CCC(C)(C)CC1SC1CCCC1. The molecule has 0 aromatic carbocycles. The van der Waals surface area contributed by atoms with Crippen LogP contribution in [0, 0.1) is 5.41 Å². The zero-order valence-corrected chi connectivity index (χ0v) is 11.9.